The normalized spacial score (nSPS) is 19.3. The van der Waals surface area contributed by atoms with Crippen LogP contribution in [0.3, 0.4) is 0 Å². The van der Waals surface area contributed by atoms with E-state index in [-0.39, 0.29) is 30.6 Å². The SMILES string of the molecule is C=CCC(CC(=C)C)(C(C)=O)C(=O)OCC.CCOC(=O)C1(C(C)=O)CC=C(C)C1. The van der Waals surface area contributed by atoms with Gasteiger partial charge in [-0.1, -0.05) is 23.3 Å². The zero-order valence-electron chi connectivity index (χ0n) is 19.3. The predicted octanol–water partition coefficient (Wildman–Crippen LogP) is 4.53. The Morgan fingerprint density at radius 1 is 1.13 bits per heavy atom. The summed E-state index contributed by atoms with van der Waals surface area (Å²) in [7, 11) is 0. The third-order valence-electron chi connectivity index (χ3n) is 5.16. The molecule has 0 radical (unpaired) electrons. The molecule has 0 aliphatic heterocycles. The lowest BCUT2D eigenvalue weighted by Gasteiger charge is -2.27. The van der Waals surface area contributed by atoms with Crippen LogP contribution in [-0.2, 0) is 28.7 Å². The van der Waals surface area contributed by atoms with Gasteiger partial charge in [-0.3, -0.25) is 19.2 Å². The van der Waals surface area contributed by atoms with Gasteiger partial charge in [0.15, 0.2) is 0 Å². The quantitative estimate of drug-likeness (QED) is 0.293. The molecule has 1 rings (SSSR count). The molecule has 0 amide bonds. The van der Waals surface area contributed by atoms with E-state index in [0.29, 0.717) is 25.9 Å². The first kappa shape index (κ1) is 27.5. The van der Waals surface area contributed by atoms with E-state index < -0.39 is 16.8 Å². The molecule has 0 spiro atoms. The van der Waals surface area contributed by atoms with Gasteiger partial charge in [-0.25, -0.2) is 0 Å². The Labute approximate surface area is 180 Å². The molecular formula is C24H36O6. The van der Waals surface area contributed by atoms with Crippen LogP contribution in [0.5, 0.6) is 0 Å². The van der Waals surface area contributed by atoms with E-state index in [1.807, 2.05) is 13.0 Å². The highest BCUT2D eigenvalue weighted by atomic mass is 16.5. The summed E-state index contributed by atoms with van der Waals surface area (Å²) in [6, 6.07) is 0. The van der Waals surface area contributed by atoms with Crippen LogP contribution in [0.1, 0.15) is 67.2 Å². The maximum atomic E-state index is 11.9. The van der Waals surface area contributed by atoms with Crippen LogP contribution < -0.4 is 0 Å². The summed E-state index contributed by atoms with van der Waals surface area (Å²) >= 11 is 0. The summed E-state index contributed by atoms with van der Waals surface area (Å²) < 4.78 is 9.92. The molecule has 1 aliphatic carbocycles. The number of ketones is 2. The van der Waals surface area contributed by atoms with E-state index in [1.165, 1.54) is 13.8 Å². The lowest BCUT2D eigenvalue weighted by atomic mass is 9.76. The molecule has 30 heavy (non-hydrogen) atoms. The highest BCUT2D eigenvalue weighted by Gasteiger charge is 2.46. The van der Waals surface area contributed by atoms with Crippen molar-refractivity contribution in [1.29, 1.82) is 0 Å². The molecule has 0 aromatic rings. The number of Topliss-reactive ketones (excluding diaryl/α,β-unsaturated/α-hetero) is 2. The van der Waals surface area contributed by atoms with Crippen molar-refractivity contribution in [3.05, 3.63) is 36.5 Å². The van der Waals surface area contributed by atoms with Gasteiger partial charge in [0.1, 0.15) is 22.4 Å². The number of esters is 2. The number of hydrogen-bond donors (Lipinski definition) is 0. The second-order valence-electron chi connectivity index (χ2n) is 7.78. The Balaban J connectivity index is 0.000000564. The van der Waals surface area contributed by atoms with Crippen LogP contribution in [0.15, 0.2) is 36.5 Å². The number of carbonyl (C=O) groups is 4. The lowest BCUT2D eigenvalue weighted by molar-refractivity contribution is -0.160. The molecule has 0 fully saturated rings. The molecule has 0 aromatic carbocycles. The Hall–Kier alpha value is -2.50. The maximum absolute atomic E-state index is 11.9. The minimum absolute atomic E-state index is 0.0935. The van der Waals surface area contributed by atoms with Gasteiger partial charge in [-0.05, 0) is 67.2 Å². The highest BCUT2D eigenvalue weighted by molar-refractivity contribution is 6.04. The van der Waals surface area contributed by atoms with Gasteiger partial charge < -0.3 is 9.47 Å². The third-order valence-corrected chi connectivity index (χ3v) is 5.16. The van der Waals surface area contributed by atoms with Crippen molar-refractivity contribution in [2.45, 2.75) is 67.2 Å². The Morgan fingerprint density at radius 3 is 2.03 bits per heavy atom. The van der Waals surface area contributed by atoms with Crippen LogP contribution in [-0.4, -0.2) is 36.7 Å². The van der Waals surface area contributed by atoms with Crippen molar-refractivity contribution in [1.82, 2.24) is 0 Å². The molecule has 168 valence electrons. The van der Waals surface area contributed by atoms with Crippen LogP contribution in [0.25, 0.3) is 0 Å². The Bertz CT molecular complexity index is 717. The fraction of sp³-hybridized carbons (Fsp3) is 0.583. The average molecular weight is 421 g/mol. The summed E-state index contributed by atoms with van der Waals surface area (Å²) in [6.45, 7) is 18.0. The molecule has 6 heteroatoms. The molecule has 0 aromatic heterocycles. The summed E-state index contributed by atoms with van der Waals surface area (Å²) in [5.41, 5.74) is -0.178. The average Bonchev–Trinajstić information content (AvgIpc) is 3.05. The lowest BCUT2D eigenvalue weighted by Crippen LogP contribution is -2.39. The Kier molecular flexibility index (Phi) is 11.2. The largest absolute Gasteiger partial charge is 0.465 e. The van der Waals surface area contributed by atoms with E-state index in [9.17, 15) is 19.2 Å². The summed E-state index contributed by atoms with van der Waals surface area (Å²) in [5, 5.41) is 0. The van der Waals surface area contributed by atoms with Gasteiger partial charge >= 0.3 is 11.9 Å². The predicted molar refractivity (Wildman–Crippen MR) is 117 cm³/mol. The van der Waals surface area contributed by atoms with Gasteiger partial charge in [-0.15, -0.1) is 13.2 Å². The van der Waals surface area contributed by atoms with Gasteiger partial charge in [0.05, 0.1) is 13.2 Å². The molecule has 2 unspecified atom stereocenters. The Morgan fingerprint density at radius 2 is 1.70 bits per heavy atom. The first-order valence-electron chi connectivity index (χ1n) is 10.2. The van der Waals surface area contributed by atoms with Crippen LogP contribution in [0, 0.1) is 10.8 Å². The molecular weight excluding hydrogens is 384 g/mol. The molecule has 0 heterocycles. The number of allylic oxidation sites excluding steroid dienone is 4. The monoisotopic (exact) mass is 420 g/mol. The molecule has 0 bridgehead atoms. The topological polar surface area (TPSA) is 86.7 Å². The van der Waals surface area contributed by atoms with E-state index in [1.54, 1.807) is 26.8 Å². The smallest absolute Gasteiger partial charge is 0.320 e. The number of hydrogen-bond acceptors (Lipinski definition) is 6. The maximum Gasteiger partial charge on any atom is 0.320 e. The minimum atomic E-state index is -1.14. The van der Waals surface area contributed by atoms with Crippen LogP contribution in [0.2, 0.25) is 0 Å². The fourth-order valence-corrected chi connectivity index (χ4v) is 3.48. The fourth-order valence-electron chi connectivity index (χ4n) is 3.48. The van der Waals surface area contributed by atoms with Crippen molar-refractivity contribution < 1.29 is 28.7 Å². The van der Waals surface area contributed by atoms with Crippen molar-refractivity contribution in [2.75, 3.05) is 13.2 Å². The van der Waals surface area contributed by atoms with Crippen LogP contribution in [0.4, 0.5) is 0 Å². The second kappa shape index (κ2) is 12.3. The molecule has 0 saturated heterocycles. The van der Waals surface area contributed by atoms with E-state index >= 15 is 0 Å². The summed E-state index contributed by atoms with van der Waals surface area (Å²) in [4.78, 5) is 46.8. The summed E-state index contributed by atoms with van der Waals surface area (Å²) in [6.07, 6.45) is 5.12. The van der Waals surface area contributed by atoms with E-state index in [0.717, 1.165) is 11.1 Å². The molecule has 6 nitrogen and oxygen atoms in total. The zero-order valence-corrected chi connectivity index (χ0v) is 19.3. The standard InChI is InChI=1S/C13H20O3.C11H16O3/c1-6-8-13(11(5)14,9-10(3)4)12(15)16-7-2;1-4-14-10(13)11(9(3)12)6-5-8(2)7-11/h6H,1,3,7-9H2,2,4-5H3;5H,4,6-7H2,1-3H3. The van der Waals surface area contributed by atoms with Gasteiger partial charge in [0.2, 0.25) is 0 Å². The van der Waals surface area contributed by atoms with Crippen molar-refractivity contribution in [3.63, 3.8) is 0 Å². The van der Waals surface area contributed by atoms with Crippen LogP contribution >= 0.6 is 0 Å². The van der Waals surface area contributed by atoms with E-state index in [2.05, 4.69) is 13.2 Å². The minimum Gasteiger partial charge on any atom is -0.465 e. The number of carbonyl (C=O) groups excluding carboxylic acids is 4. The first-order chi connectivity index (χ1) is 13.9. The van der Waals surface area contributed by atoms with Crippen molar-refractivity contribution >= 4 is 23.5 Å². The molecule has 1 aliphatic rings. The number of ether oxygens (including phenoxy) is 2. The molecule has 0 saturated carbocycles. The van der Waals surface area contributed by atoms with E-state index in [4.69, 9.17) is 9.47 Å². The van der Waals surface area contributed by atoms with Crippen molar-refractivity contribution in [2.24, 2.45) is 10.8 Å². The zero-order chi connectivity index (χ0) is 23.5. The summed E-state index contributed by atoms with van der Waals surface area (Å²) in [5.74, 6) is -1.15. The molecule has 0 N–H and O–H groups in total. The van der Waals surface area contributed by atoms with Gasteiger partial charge in [-0.2, -0.15) is 0 Å². The third kappa shape index (κ3) is 6.78. The first-order valence-corrected chi connectivity index (χ1v) is 10.2. The number of rotatable bonds is 10. The highest BCUT2D eigenvalue weighted by Crippen LogP contribution is 2.39. The molecule has 2 atom stereocenters. The second-order valence-corrected chi connectivity index (χ2v) is 7.78. The van der Waals surface area contributed by atoms with Crippen molar-refractivity contribution in [3.8, 4) is 0 Å². The van der Waals surface area contributed by atoms with Gasteiger partial charge in [0, 0.05) is 0 Å². The van der Waals surface area contributed by atoms with Gasteiger partial charge in [0.25, 0.3) is 0 Å².